The van der Waals surface area contributed by atoms with Gasteiger partial charge in [-0.1, -0.05) is 0 Å². The van der Waals surface area contributed by atoms with Gasteiger partial charge < -0.3 is 4.57 Å². The summed E-state index contributed by atoms with van der Waals surface area (Å²) in [5.41, 5.74) is 0. The number of piperidine rings is 1. The number of Topliss-reactive ketones (excluding diaryl/α,β-unsaturated/α-hetero) is 1. The minimum atomic E-state index is -3.48. The van der Waals surface area contributed by atoms with Gasteiger partial charge in [0.25, 0.3) is 0 Å². The van der Waals surface area contributed by atoms with Crippen molar-refractivity contribution in [2.45, 2.75) is 17.7 Å². The summed E-state index contributed by atoms with van der Waals surface area (Å²) in [6.45, 7) is 0.445. The lowest BCUT2D eigenvalue weighted by molar-refractivity contribution is -0.120. The number of rotatable bonds is 2. The Balaban J connectivity index is 2.28. The van der Waals surface area contributed by atoms with Gasteiger partial charge in [-0.15, -0.1) is 0 Å². The average Bonchev–Trinajstić information content (AvgIpc) is 2.65. The molecule has 2 rings (SSSR count). The Morgan fingerprint density at radius 3 is 2.69 bits per heavy atom. The third-order valence-corrected chi connectivity index (χ3v) is 4.49. The fourth-order valence-corrected chi connectivity index (χ4v) is 3.31. The van der Waals surface area contributed by atoms with Gasteiger partial charge in [-0.2, -0.15) is 4.31 Å². The van der Waals surface area contributed by atoms with E-state index in [9.17, 15) is 13.2 Å². The van der Waals surface area contributed by atoms with Crippen LogP contribution in [-0.4, -0.2) is 36.2 Å². The predicted molar refractivity (Wildman–Crippen MR) is 58.4 cm³/mol. The van der Waals surface area contributed by atoms with E-state index in [0.29, 0.717) is 19.4 Å². The Hall–Kier alpha value is -1.14. The van der Waals surface area contributed by atoms with Gasteiger partial charge in [-0.25, -0.2) is 8.42 Å². The van der Waals surface area contributed by atoms with E-state index in [1.165, 1.54) is 4.31 Å². The molecular weight excluding hydrogens is 228 g/mol. The van der Waals surface area contributed by atoms with Crippen molar-refractivity contribution in [3.05, 3.63) is 18.5 Å². The maximum Gasteiger partial charge on any atom is 0.244 e. The number of aryl methyl sites for hydroxylation is 1. The molecule has 1 aliphatic rings. The molecule has 0 saturated carbocycles. The standard InChI is InChI=1S/C10H14N2O3S/c1-11-6-4-10(8-11)16(14,15)12-5-2-3-9(13)7-12/h4,6,8H,2-3,5,7H2,1H3. The first kappa shape index (κ1) is 11.3. The van der Waals surface area contributed by atoms with Crippen molar-refractivity contribution in [1.82, 2.24) is 8.87 Å². The minimum Gasteiger partial charge on any atom is -0.356 e. The fraction of sp³-hybridized carbons (Fsp3) is 0.500. The highest BCUT2D eigenvalue weighted by molar-refractivity contribution is 7.89. The zero-order chi connectivity index (χ0) is 11.8. The van der Waals surface area contributed by atoms with E-state index in [0.717, 1.165) is 0 Å². The number of sulfonamides is 1. The molecular formula is C10H14N2O3S. The van der Waals surface area contributed by atoms with Crippen LogP contribution in [0.3, 0.4) is 0 Å². The van der Waals surface area contributed by atoms with E-state index in [2.05, 4.69) is 0 Å². The minimum absolute atomic E-state index is 0.00856. The van der Waals surface area contributed by atoms with Gasteiger partial charge in [0.05, 0.1) is 11.4 Å². The van der Waals surface area contributed by atoms with Gasteiger partial charge in [0.2, 0.25) is 10.0 Å². The normalized spacial score (nSPS) is 18.9. The summed E-state index contributed by atoms with van der Waals surface area (Å²) in [5.74, 6) is -0.00856. The van der Waals surface area contributed by atoms with E-state index in [1.807, 2.05) is 0 Å². The largest absolute Gasteiger partial charge is 0.356 e. The van der Waals surface area contributed by atoms with Crippen LogP contribution in [0.2, 0.25) is 0 Å². The Bertz CT molecular complexity index is 504. The van der Waals surface area contributed by atoms with Crippen LogP contribution in [0, 0.1) is 0 Å². The summed E-state index contributed by atoms with van der Waals surface area (Å²) in [6.07, 6.45) is 4.33. The summed E-state index contributed by atoms with van der Waals surface area (Å²) in [4.78, 5) is 11.5. The Morgan fingerprint density at radius 1 is 1.38 bits per heavy atom. The molecule has 0 N–H and O–H groups in total. The lowest BCUT2D eigenvalue weighted by Crippen LogP contribution is -2.39. The second-order valence-corrected chi connectivity index (χ2v) is 5.93. The molecule has 1 saturated heterocycles. The lowest BCUT2D eigenvalue weighted by Gasteiger charge is -2.24. The lowest BCUT2D eigenvalue weighted by atomic mass is 10.1. The molecule has 1 aromatic heterocycles. The number of ketones is 1. The van der Waals surface area contributed by atoms with Crippen LogP contribution in [0.15, 0.2) is 23.4 Å². The molecule has 16 heavy (non-hydrogen) atoms. The summed E-state index contributed by atoms with van der Waals surface area (Å²) in [5, 5.41) is 0. The Morgan fingerprint density at radius 2 is 2.12 bits per heavy atom. The van der Waals surface area contributed by atoms with Gasteiger partial charge in [-0.3, -0.25) is 4.79 Å². The van der Waals surface area contributed by atoms with Gasteiger partial charge in [-0.05, 0) is 12.5 Å². The van der Waals surface area contributed by atoms with Gasteiger partial charge in [0.15, 0.2) is 0 Å². The van der Waals surface area contributed by atoms with Crippen LogP contribution in [0.5, 0.6) is 0 Å². The topological polar surface area (TPSA) is 59.4 Å². The molecule has 6 heteroatoms. The second kappa shape index (κ2) is 4.03. The second-order valence-electron chi connectivity index (χ2n) is 3.99. The van der Waals surface area contributed by atoms with Crippen molar-refractivity contribution in [3.63, 3.8) is 0 Å². The van der Waals surface area contributed by atoms with Crippen LogP contribution in [0.1, 0.15) is 12.8 Å². The van der Waals surface area contributed by atoms with Crippen molar-refractivity contribution in [3.8, 4) is 0 Å². The number of carbonyl (C=O) groups excluding carboxylic acids is 1. The first-order valence-electron chi connectivity index (χ1n) is 5.14. The number of aromatic nitrogens is 1. The number of hydrogen-bond acceptors (Lipinski definition) is 3. The molecule has 2 heterocycles. The maximum atomic E-state index is 12.1. The average molecular weight is 242 g/mol. The summed E-state index contributed by atoms with van der Waals surface area (Å²) >= 11 is 0. The third kappa shape index (κ3) is 2.03. The maximum absolute atomic E-state index is 12.1. The van der Waals surface area contributed by atoms with Crippen molar-refractivity contribution >= 4 is 15.8 Å². The van der Waals surface area contributed by atoms with Crippen LogP contribution < -0.4 is 0 Å². The molecule has 5 nitrogen and oxygen atoms in total. The Labute approximate surface area is 94.7 Å². The zero-order valence-corrected chi connectivity index (χ0v) is 9.90. The molecule has 1 aliphatic heterocycles. The molecule has 0 radical (unpaired) electrons. The monoisotopic (exact) mass is 242 g/mol. The number of nitrogens with zero attached hydrogens (tertiary/aromatic N) is 2. The van der Waals surface area contributed by atoms with Crippen LogP contribution in [0.4, 0.5) is 0 Å². The first-order valence-corrected chi connectivity index (χ1v) is 6.58. The van der Waals surface area contributed by atoms with E-state index in [-0.39, 0.29) is 17.2 Å². The molecule has 0 amide bonds. The van der Waals surface area contributed by atoms with E-state index in [4.69, 9.17) is 0 Å². The van der Waals surface area contributed by atoms with Crippen molar-refractivity contribution < 1.29 is 13.2 Å². The summed E-state index contributed by atoms with van der Waals surface area (Å²) in [7, 11) is -1.72. The SMILES string of the molecule is Cn1ccc(S(=O)(=O)N2CCCC(=O)C2)c1. The summed E-state index contributed by atoms with van der Waals surface area (Å²) < 4.78 is 27.2. The van der Waals surface area contributed by atoms with Crippen LogP contribution in [-0.2, 0) is 21.9 Å². The number of hydrogen-bond donors (Lipinski definition) is 0. The fourth-order valence-electron chi connectivity index (χ4n) is 1.79. The third-order valence-electron chi connectivity index (χ3n) is 2.66. The van der Waals surface area contributed by atoms with Crippen LogP contribution >= 0.6 is 0 Å². The molecule has 0 atom stereocenters. The molecule has 0 spiro atoms. The first-order chi connectivity index (χ1) is 7.50. The molecule has 0 unspecified atom stereocenters. The highest BCUT2D eigenvalue weighted by Gasteiger charge is 2.29. The van der Waals surface area contributed by atoms with Crippen molar-refractivity contribution in [2.75, 3.05) is 13.1 Å². The Kier molecular flexibility index (Phi) is 2.86. The predicted octanol–water partition coefficient (Wildman–Crippen LogP) is 0.379. The van der Waals surface area contributed by atoms with E-state index in [1.54, 1.807) is 30.1 Å². The molecule has 1 fully saturated rings. The van der Waals surface area contributed by atoms with Gasteiger partial charge >= 0.3 is 0 Å². The van der Waals surface area contributed by atoms with Crippen LogP contribution in [0.25, 0.3) is 0 Å². The zero-order valence-electron chi connectivity index (χ0n) is 9.09. The van der Waals surface area contributed by atoms with Crippen molar-refractivity contribution in [2.24, 2.45) is 7.05 Å². The van der Waals surface area contributed by atoms with Gasteiger partial charge in [0, 0.05) is 32.4 Å². The highest BCUT2D eigenvalue weighted by atomic mass is 32.2. The summed E-state index contributed by atoms with van der Waals surface area (Å²) in [6, 6.07) is 1.55. The molecule has 0 aromatic carbocycles. The molecule has 1 aromatic rings. The molecule has 0 bridgehead atoms. The van der Waals surface area contributed by atoms with Crippen molar-refractivity contribution in [1.29, 1.82) is 0 Å². The number of carbonyl (C=O) groups is 1. The quantitative estimate of drug-likeness (QED) is 0.753. The molecule has 0 aliphatic carbocycles. The molecule has 88 valence electrons. The highest BCUT2D eigenvalue weighted by Crippen LogP contribution is 2.19. The smallest absolute Gasteiger partial charge is 0.244 e. The van der Waals surface area contributed by atoms with Gasteiger partial charge in [0.1, 0.15) is 5.78 Å². The van der Waals surface area contributed by atoms with E-state index < -0.39 is 10.0 Å². The van der Waals surface area contributed by atoms with E-state index >= 15 is 0 Å².